The van der Waals surface area contributed by atoms with E-state index >= 15 is 0 Å². The molecule has 1 aromatic rings. The molecule has 3 N–H and O–H groups in total. The highest BCUT2D eigenvalue weighted by Gasteiger charge is 2.09. The summed E-state index contributed by atoms with van der Waals surface area (Å²) in [5, 5.41) is 2.87. The molecule has 1 rings (SSSR count). The number of benzene rings is 1. The van der Waals surface area contributed by atoms with Crippen molar-refractivity contribution in [1.29, 1.82) is 0 Å². The second-order valence-electron chi connectivity index (χ2n) is 3.60. The maximum Gasteiger partial charge on any atom is 0.221 e. The van der Waals surface area contributed by atoms with Crippen molar-refractivity contribution in [2.45, 2.75) is 19.4 Å². The zero-order valence-corrected chi connectivity index (χ0v) is 9.69. The molecule has 1 aromatic carbocycles. The number of hydrogen-bond donors (Lipinski definition) is 2. The van der Waals surface area contributed by atoms with Crippen molar-refractivity contribution in [2.24, 2.45) is 5.73 Å². The van der Waals surface area contributed by atoms with Crippen molar-refractivity contribution in [2.75, 3.05) is 13.7 Å². The summed E-state index contributed by atoms with van der Waals surface area (Å²) in [5.41, 5.74) is 6.33. The topological polar surface area (TPSA) is 64.3 Å². The van der Waals surface area contributed by atoms with E-state index in [1.54, 1.807) is 7.11 Å². The van der Waals surface area contributed by atoms with Gasteiger partial charge in [0.05, 0.1) is 13.2 Å². The molecule has 0 aliphatic rings. The highest BCUT2D eigenvalue weighted by atomic mass is 16.5. The predicted octanol–water partition coefficient (Wildman–Crippen LogP) is 1.22. The summed E-state index contributed by atoms with van der Waals surface area (Å²) in [4.78, 5) is 11.4. The van der Waals surface area contributed by atoms with Gasteiger partial charge in [-0.1, -0.05) is 12.1 Å². The Kier molecular flexibility index (Phi) is 4.79. The standard InChI is InChI=1S/C12H18N2O2/c1-9(14-12(15)6-7-13)10-4-3-5-11(8-10)16-2/h3-5,8-9H,6-7,13H2,1-2H3,(H,14,15)/t9-/m1/s1. The van der Waals surface area contributed by atoms with E-state index in [0.29, 0.717) is 13.0 Å². The molecular formula is C12H18N2O2. The maximum absolute atomic E-state index is 11.4. The molecule has 0 saturated heterocycles. The molecule has 0 spiro atoms. The smallest absolute Gasteiger partial charge is 0.221 e. The van der Waals surface area contributed by atoms with E-state index in [2.05, 4.69) is 5.32 Å². The van der Waals surface area contributed by atoms with E-state index in [9.17, 15) is 4.79 Å². The van der Waals surface area contributed by atoms with Gasteiger partial charge in [0, 0.05) is 13.0 Å². The highest BCUT2D eigenvalue weighted by Crippen LogP contribution is 2.18. The second kappa shape index (κ2) is 6.12. The number of carbonyl (C=O) groups is 1. The van der Waals surface area contributed by atoms with E-state index in [-0.39, 0.29) is 11.9 Å². The van der Waals surface area contributed by atoms with E-state index in [4.69, 9.17) is 10.5 Å². The van der Waals surface area contributed by atoms with Crippen LogP contribution in [0.25, 0.3) is 0 Å². The molecule has 16 heavy (non-hydrogen) atoms. The summed E-state index contributed by atoms with van der Waals surface area (Å²) in [6.45, 7) is 2.31. The minimum Gasteiger partial charge on any atom is -0.497 e. The minimum atomic E-state index is -0.0332. The van der Waals surface area contributed by atoms with E-state index in [1.807, 2.05) is 31.2 Å². The van der Waals surface area contributed by atoms with Gasteiger partial charge in [-0.15, -0.1) is 0 Å². The van der Waals surface area contributed by atoms with Crippen LogP contribution in [0.3, 0.4) is 0 Å². The quantitative estimate of drug-likeness (QED) is 0.787. The number of hydrogen-bond acceptors (Lipinski definition) is 3. The zero-order chi connectivity index (χ0) is 12.0. The zero-order valence-electron chi connectivity index (χ0n) is 9.69. The molecular weight excluding hydrogens is 204 g/mol. The van der Waals surface area contributed by atoms with Crippen LogP contribution in [0.2, 0.25) is 0 Å². The van der Waals surface area contributed by atoms with Gasteiger partial charge in [0.2, 0.25) is 5.91 Å². The van der Waals surface area contributed by atoms with Gasteiger partial charge in [-0.2, -0.15) is 0 Å². The molecule has 88 valence electrons. The molecule has 4 nitrogen and oxygen atoms in total. The lowest BCUT2D eigenvalue weighted by Crippen LogP contribution is -2.28. The van der Waals surface area contributed by atoms with Crippen LogP contribution >= 0.6 is 0 Å². The molecule has 4 heteroatoms. The fraction of sp³-hybridized carbons (Fsp3) is 0.417. The summed E-state index contributed by atoms with van der Waals surface area (Å²) < 4.78 is 5.12. The lowest BCUT2D eigenvalue weighted by Gasteiger charge is -2.14. The Morgan fingerprint density at radius 1 is 1.56 bits per heavy atom. The summed E-state index contributed by atoms with van der Waals surface area (Å²) in [7, 11) is 1.62. The molecule has 1 amide bonds. The van der Waals surface area contributed by atoms with Crippen molar-refractivity contribution < 1.29 is 9.53 Å². The third kappa shape index (κ3) is 3.55. The lowest BCUT2D eigenvalue weighted by atomic mass is 10.1. The van der Waals surface area contributed by atoms with Crippen LogP contribution in [-0.4, -0.2) is 19.6 Å². The van der Waals surface area contributed by atoms with Crippen molar-refractivity contribution in [3.8, 4) is 5.75 Å². The maximum atomic E-state index is 11.4. The molecule has 0 bridgehead atoms. The molecule has 0 fully saturated rings. The SMILES string of the molecule is COc1cccc([C@@H](C)NC(=O)CCN)c1. The Morgan fingerprint density at radius 3 is 2.94 bits per heavy atom. The van der Waals surface area contributed by atoms with Crippen molar-refractivity contribution in [3.05, 3.63) is 29.8 Å². The third-order valence-corrected chi connectivity index (χ3v) is 2.34. The van der Waals surface area contributed by atoms with E-state index in [0.717, 1.165) is 11.3 Å². The van der Waals surface area contributed by atoms with Crippen molar-refractivity contribution >= 4 is 5.91 Å². The van der Waals surface area contributed by atoms with Crippen LogP contribution in [0.5, 0.6) is 5.75 Å². The summed E-state index contributed by atoms with van der Waals surface area (Å²) in [6.07, 6.45) is 0.355. The molecule has 0 aromatic heterocycles. The van der Waals surface area contributed by atoms with Crippen LogP contribution in [0.4, 0.5) is 0 Å². The first-order valence-corrected chi connectivity index (χ1v) is 5.30. The van der Waals surface area contributed by atoms with Gasteiger partial charge >= 0.3 is 0 Å². The average Bonchev–Trinajstić information content (AvgIpc) is 2.29. The van der Waals surface area contributed by atoms with Crippen LogP contribution < -0.4 is 15.8 Å². The van der Waals surface area contributed by atoms with E-state index in [1.165, 1.54) is 0 Å². The molecule has 0 unspecified atom stereocenters. The van der Waals surface area contributed by atoms with Crippen molar-refractivity contribution in [3.63, 3.8) is 0 Å². The van der Waals surface area contributed by atoms with Gasteiger partial charge in [0.15, 0.2) is 0 Å². The number of ether oxygens (including phenoxy) is 1. The fourth-order valence-electron chi connectivity index (χ4n) is 1.44. The minimum absolute atomic E-state index is 0.0298. The fourth-order valence-corrected chi connectivity index (χ4v) is 1.44. The first kappa shape index (κ1) is 12.5. The van der Waals surface area contributed by atoms with Gasteiger partial charge < -0.3 is 15.8 Å². The average molecular weight is 222 g/mol. The number of nitrogens with one attached hydrogen (secondary N) is 1. The van der Waals surface area contributed by atoms with Gasteiger partial charge in [-0.25, -0.2) is 0 Å². The monoisotopic (exact) mass is 222 g/mol. The molecule has 0 aliphatic carbocycles. The van der Waals surface area contributed by atoms with Crippen LogP contribution in [0.15, 0.2) is 24.3 Å². The third-order valence-electron chi connectivity index (χ3n) is 2.34. The number of rotatable bonds is 5. The molecule has 0 radical (unpaired) electrons. The Balaban J connectivity index is 2.64. The molecule has 0 heterocycles. The highest BCUT2D eigenvalue weighted by molar-refractivity contribution is 5.76. The van der Waals surface area contributed by atoms with Gasteiger partial charge in [0.25, 0.3) is 0 Å². The Labute approximate surface area is 95.8 Å². The van der Waals surface area contributed by atoms with Crippen LogP contribution in [-0.2, 0) is 4.79 Å². The molecule has 0 saturated carbocycles. The first-order valence-electron chi connectivity index (χ1n) is 5.30. The Hall–Kier alpha value is -1.55. The van der Waals surface area contributed by atoms with E-state index < -0.39 is 0 Å². The number of nitrogens with two attached hydrogens (primary N) is 1. The summed E-state index contributed by atoms with van der Waals surface area (Å²) >= 11 is 0. The molecule has 0 aliphatic heterocycles. The Morgan fingerprint density at radius 2 is 2.31 bits per heavy atom. The lowest BCUT2D eigenvalue weighted by molar-refractivity contribution is -0.121. The summed E-state index contributed by atoms with van der Waals surface area (Å²) in [6, 6.07) is 7.61. The summed E-state index contributed by atoms with van der Waals surface area (Å²) in [5.74, 6) is 0.759. The first-order chi connectivity index (χ1) is 7.67. The van der Waals surface area contributed by atoms with Crippen LogP contribution in [0.1, 0.15) is 24.9 Å². The van der Waals surface area contributed by atoms with Crippen LogP contribution in [0, 0.1) is 0 Å². The largest absolute Gasteiger partial charge is 0.497 e. The number of amides is 1. The normalized spacial score (nSPS) is 11.9. The predicted molar refractivity (Wildman–Crippen MR) is 63.2 cm³/mol. The van der Waals surface area contributed by atoms with Gasteiger partial charge in [-0.05, 0) is 24.6 Å². The van der Waals surface area contributed by atoms with Gasteiger partial charge in [-0.3, -0.25) is 4.79 Å². The van der Waals surface area contributed by atoms with Gasteiger partial charge in [0.1, 0.15) is 5.75 Å². The number of carbonyl (C=O) groups excluding carboxylic acids is 1. The molecule has 1 atom stereocenters. The number of methoxy groups -OCH3 is 1. The van der Waals surface area contributed by atoms with Crippen molar-refractivity contribution in [1.82, 2.24) is 5.32 Å². The Bertz CT molecular complexity index is 353. The second-order valence-corrected chi connectivity index (χ2v) is 3.60.